The molecule has 0 saturated heterocycles. The molecule has 1 N–H and O–H groups in total. The third kappa shape index (κ3) is 4.55. The lowest BCUT2D eigenvalue weighted by atomic mass is 10.4. The summed E-state index contributed by atoms with van der Waals surface area (Å²) >= 11 is 0. The zero-order chi connectivity index (χ0) is 11.8. The number of nitrogens with zero attached hydrogens (tertiary/aromatic N) is 3. The second-order valence-electron chi connectivity index (χ2n) is 3.63. The summed E-state index contributed by atoms with van der Waals surface area (Å²) < 4.78 is 4.95. The molecule has 0 radical (unpaired) electrons. The summed E-state index contributed by atoms with van der Waals surface area (Å²) in [4.78, 5) is 10.5. The van der Waals surface area contributed by atoms with Crippen molar-refractivity contribution >= 4 is 5.82 Å². The molecule has 1 aromatic rings. The minimum Gasteiger partial charge on any atom is -0.383 e. The second-order valence-corrected chi connectivity index (χ2v) is 3.63. The molecule has 0 aliphatic carbocycles. The van der Waals surface area contributed by atoms with E-state index in [-0.39, 0.29) is 0 Å². The number of nitrogens with one attached hydrogen (secondary N) is 1. The van der Waals surface area contributed by atoms with Crippen molar-refractivity contribution in [2.75, 3.05) is 45.3 Å². The van der Waals surface area contributed by atoms with E-state index in [9.17, 15) is 0 Å². The first-order valence-electron chi connectivity index (χ1n) is 5.44. The fourth-order valence-corrected chi connectivity index (χ4v) is 1.32. The molecule has 0 amide bonds. The molecule has 5 heteroatoms. The van der Waals surface area contributed by atoms with Crippen LogP contribution in [0.2, 0.25) is 0 Å². The van der Waals surface area contributed by atoms with E-state index >= 15 is 0 Å². The second kappa shape index (κ2) is 7.14. The molecule has 5 nitrogen and oxygen atoms in total. The number of aromatic nitrogens is 2. The van der Waals surface area contributed by atoms with Gasteiger partial charge in [-0.25, -0.2) is 9.97 Å². The van der Waals surface area contributed by atoms with Gasteiger partial charge in [0.1, 0.15) is 11.6 Å². The monoisotopic (exact) mass is 224 g/mol. The van der Waals surface area contributed by atoms with Gasteiger partial charge in [-0.15, -0.1) is 0 Å². The molecule has 0 aliphatic rings. The van der Waals surface area contributed by atoms with Crippen LogP contribution in [0.25, 0.3) is 0 Å². The molecule has 0 fully saturated rings. The highest BCUT2D eigenvalue weighted by molar-refractivity contribution is 5.35. The van der Waals surface area contributed by atoms with E-state index in [1.54, 1.807) is 13.3 Å². The number of methoxy groups -OCH3 is 1. The van der Waals surface area contributed by atoms with Crippen LogP contribution in [0.15, 0.2) is 12.3 Å². The van der Waals surface area contributed by atoms with Crippen molar-refractivity contribution in [3.05, 3.63) is 18.1 Å². The highest BCUT2D eigenvalue weighted by Gasteiger charge is 2.01. The topological polar surface area (TPSA) is 50.3 Å². The first kappa shape index (κ1) is 12.9. The Morgan fingerprint density at radius 3 is 2.94 bits per heavy atom. The molecule has 0 atom stereocenters. The van der Waals surface area contributed by atoms with E-state index in [4.69, 9.17) is 4.74 Å². The lowest BCUT2D eigenvalue weighted by molar-refractivity contribution is 0.200. The van der Waals surface area contributed by atoms with Crippen LogP contribution in [0.1, 0.15) is 5.82 Å². The summed E-state index contributed by atoms with van der Waals surface area (Å²) in [6.45, 7) is 5.36. The Balaban J connectivity index is 2.27. The highest BCUT2D eigenvalue weighted by atomic mass is 16.5. The molecular formula is C11H20N4O. The Morgan fingerprint density at radius 2 is 2.25 bits per heavy atom. The molecule has 0 spiro atoms. The van der Waals surface area contributed by atoms with E-state index in [0.717, 1.165) is 37.9 Å². The fraction of sp³-hybridized carbons (Fsp3) is 0.636. The van der Waals surface area contributed by atoms with Crippen LogP contribution >= 0.6 is 0 Å². The van der Waals surface area contributed by atoms with Crippen LogP contribution in [0.3, 0.4) is 0 Å². The van der Waals surface area contributed by atoms with Crippen LogP contribution in [0, 0.1) is 6.92 Å². The largest absolute Gasteiger partial charge is 0.383 e. The van der Waals surface area contributed by atoms with Gasteiger partial charge in [-0.2, -0.15) is 0 Å². The van der Waals surface area contributed by atoms with Gasteiger partial charge >= 0.3 is 0 Å². The van der Waals surface area contributed by atoms with Crippen molar-refractivity contribution in [2.45, 2.75) is 6.92 Å². The summed E-state index contributed by atoms with van der Waals surface area (Å²) in [6.07, 6.45) is 1.78. The number of rotatable bonds is 7. The zero-order valence-corrected chi connectivity index (χ0v) is 10.2. The lowest BCUT2D eigenvalue weighted by Crippen LogP contribution is -2.31. The smallest absolute Gasteiger partial charge is 0.132 e. The maximum Gasteiger partial charge on any atom is 0.132 e. The molecule has 90 valence electrons. The van der Waals surface area contributed by atoms with Gasteiger partial charge in [0.2, 0.25) is 0 Å². The van der Waals surface area contributed by atoms with Crippen molar-refractivity contribution in [2.24, 2.45) is 0 Å². The van der Waals surface area contributed by atoms with E-state index < -0.39 is 0 Å². The standard InChI is InChI=1S/C11H20N4O/c1-10-13-5-4-11(14-10)15(2)8-6-12-7-9-16-3/h4-5,12H,6-9H2,1-3H3. The van der Waals surface area contributed by atoms with Gasteiger partial charge in [-0.1, -0.05) is 0 Å². The average molecular weight is 224 g/mol. The van der Waals surface area contributed by atoms with E-state index in [1.165, 1.54) is 0 Å². The highest BCUT2D eigenvalue weighted by Crippen LogP contribution is 2.05. The minimum atomic E-state index is 0.746. The molecule has 0 saturated carbocycles. The molecule has 1 aromatic heterocycles. The lowest BCUT2D eigenvalue weighted by Gasteiger charge is -2.18. The average Bonchev–Trinajstić information content (AvgIpc) is 2.28. The number of aryl methyl sites for hydroxylation is 1. The zero-order valence-electron chi connectivity index (χ0n) is 10.2. The van der Waals surface area contributed by atoms with Gasteiger partial charge in [0.25, 0.3) is 0 Å². The molecule has 16 heavy (non-hydrogen) atoms. The Hall–Kier alpha value is -1.20. The third-order valence-corrected chi connectivity index (χ3v) is 2.26. The minimum absolute atomic E-state index is 0.746. The number of hydrogen-bond acceptors (Lipinski definition) is 5. The summed E-state index contributed by atoms with van der Waals surface area (Å²) in [5, 5.41) is 3.29. The first-order chi connectivity index (χ1) is 7.74. The summed E-state index contributed by atoms with van der Waals surface area (Å²) in [7, 11) is 3.73. The van der Waals surface area contributed by atoms with E-state index in [0.29, 0.717) is 0 Å². The molecule has 0 aliphatic heterocycles. The van der Waals surface area contributed by atoms with Gasteiger partial charge in [-0.3, -0.25) is 0 Å². The SMILES string of the molecule is COCCNCCN(C)c1ccnc(C)n1. The van der Waals surface area contributed by atoms with Crippen molar-refractivity contribution in [1.29, 1.82) is 0 Å². The van der Waals surface area contributed by atoms with Gasteiger partial charge in [0, 0.05) is 40.0 Å². The van der Waals surface area contributed by atoms with Gasteiger partial charge in [-0.05, 0) is 13.0 Å². The Kier molecular flexibility index (Phi) is 5.74. The molecule has 0 aromatic carbocycles. The quantitative estimate of drug-likeness (QED) is 0.682. The number of likely N-dealkylation sites (N-methyl/N-ethyl adjacent to an activating group) is 1. The molecular weight excluding hydrogens is 204 g/mol. The van der Waals surface area contributed by atoms with Gasteiger partial charge in [0.05, 0.1) is 6.61 Å². The van der Waals surface area contributed by atoms with Crippen LogP contribution in [0.5, 0.6) is 0 Å². The summed E-state index contributed by atoms with van der Waals surface area (Å²) in [6, 6.07) is 1.92. The van der Waals surface area contributed by atoms with Crippen molar-refractivity contribution in [1.82, 2.24) is 15.3 Å². The van der Waals surface area contributed by atoms with Crippen molar-refractivity contribution < 1.29 is 4.74 Å². The summed E-state index contributed by atoms with van der Waals surface area (Å²) in [5.74, 6) is 1.76. The predicted octanol–water partition coefficient (Wildman–Crippen LogP) is 0.457. The Labute approximate surface area is 96.8 Å². The first-order valence-corrected chi connectivity index (χ1v) is 5.44. The van der Waals surface area contributed by atoms with Crippen molar-refractivity contribution in [3.8, 4) is 0 Å². The molecule has 0 unspecified atom stereocenters. The maximum atomic E-state index is 4.95. The third-order valence-electron chi connectivity index (χ3n) is 2.26. The molecule has 0 bridgehead atoms. The number of anilines is 1. The van der Waals surface area contributed by atoms with Crippen LogP contribution < -0.4 is 10.2 Å². The Morgan fingerprint density at radius 1 is 1.44 bits per heavy atom. The van der Waals surface area contributed by atoms with E-state index in [1.807, 2.05) is 20.0 Å². The molecule has 1 rings (SSSR count). The Bertz CT molecular complexity index is 306. The van der Waals surface area contributed by atoms with Crippen molar-refractivity contribution in [3.63, 3.8) is 0 Å². The normalized spacial score (nSPS) is 10.4. The van der Waals surface area contributed by atoms with Crippen LogP contribution in [-0.4, -0.2) is 50.4 Å². The van der Waals surface area contributed by atoms with Crippen LogP contribution in [0.4, 0.5) is 5.82 Å². The number of ether oxygens (including phenoxy) is 1. The van der Waals surface area contributed by atoms with E-state index in [2.05, 4.69) is 20.2 Å². The predicted molar refractivity (Wildman–Crippen MR) is 64.8 cm³/mol. The van der Waals surface area contributed by atoms with Gasteiger partial charge < -0.3 is 15.0 Å². The number of hydrogen-bond donors (Lipinski definition) is 1. The maximum absolute atomic E-state index is 4.95. The fourth-order valence-electron chi connectivity index (χ4n) is 1.32. The summed E-state index contributed by atoms with van der Waals surface area (Å²) in [5.41, 5.74) is 0. The van der Waals surface area contributed by atoms with Crippen LogP contribution in [-0.2, 0) is 4.74 Å². The molecule has 1 heterocycles. The van der Waals surface area contributed by atoms with Gasteiger partial charge in [0.15, 0.2) is 0 Å².